The van der Waals surface area contributed by atoms with Gasteiger partial charge in [-0.15, -0.1) is 6.42 Å². The molecule has 20 heavy (non-hydrogen) atoms. The Labute approximate surface area is 122 Å². The summed E-state index contributed by atoms with van der Waals surface area (Å²) in [6, 6.07) is 8.81. The van der Waals surface area contributed by atoms with E-state index in [2.05, 4.69) is 35.2 Å². The van der Waals surface area contributed by atoms with Gasteiger partial charge in [0.05, 0.1) is 0 Å². The van der Waals surface area contributed by atoms with Gasteiger partial charge >= 0.3 is 0 Å². The Morgan fingerprint density at radius 1 is 1.50 bits per heavy atom. The molecule has 1 atom stereocenters. The molecule has 1 aliphatic heterocycles. The van der Waals surface area contributed by atoms with Crippen LogP contribution in [0, 0.1) is 12.3 Å². The zero-order valence-corrected chi connectivity index (χ0v) is 12.3. The molecular formula is C17H24N2O. The number of nitrogens with zero attached hydrogens (tertiary/aromatic N) is 1. The van der Waals surface area contributed by atoms with Crippen LogP contribution in [-0.2, 0) is 6.54 Å². The van der Waals surface area contributed by atoms with E-state index >= 15 is 0 Å². The minimum absolute atomic E-state index is 0.324. The third-order valence-corrected chi connectivity index (χ3v) is 3.83. The number of hydrogen-bond donors (Lipinski definition) is 1. The number of hydrogen-bond acceptors (Lipinski definition) is 3. The van der Waals surface area contributed by atoms with Crippen LogP contribution in [0.2, 0.25) is 0 Å². The van der Waals surface area contributed by atoms with E-state index in [-0.39, 0.29) is 0 Å². The maximum atomic E-state index is 5.44. The monoisotopic (exact) mass is 272 g/mol. The summed E-state index contributed by atoms with van der Waals surface area (Å²) in [5.41, 5.74) is 1.24. The van der Waals surface area contributed by atoms with Crippen molar-refractivity contribution in [1.29, 1.82) is 0 Å². The molecule has 1 aromatic carbocycles. The van der Waals surface area contributed by atoms with Gasteiger partial charge in [0.2, 0.25) is 0 Å². The summed E-state index contributed by atoms with van der Waals surface area (Å²) in [6.07, 6.45) is 7.84. The highest BCUT2D eigenvalue weighted by atomic mass is 16.5. The molecule has 1 fully saturated rings. The first-order chi connectivity index (χ1) is 9.83. The number of likely N-dealkylation sites (tertiary alicyclic amines) is 1. The first-order valence-corrected chi connectivity index (χ1v) is 7.43. The number of nitrogens with one attached hydrogen (secondary N) is 1. The van der Waals surface area contributed by atoms with E-state index in [4.69, 9.17) is 11.2 Å². The maximum absolute atomic E-state index is 5.44. The van der Waals surface area contributed by atoms with Gasteiger partial charge in [-0.3, -0.25) is 4.90 Å². The minimum atomic E-state index is 0.324. The van der Waals surface area contributed by atoms with Crippen LogP contribution in [0.15, 0.2) is 24.3 Å². The lowest BCUT2D eigenvalue weighted by molar-refractivity contribution is 0.260. The number of rotatable bonds is 7. The number of likely N-dealkylation sites (N-methyl/N-ethyl adjacent to an activating group) is 1. The Kier molecular flexibility index (Phi) is 5.91. The van der Waals surface area contributed by atoms with E-state index in [0.29, 0.717) is 12.6 Å². The average Bonchev–Trinajstić information content (AvgIpc) is 2.93. The second kappa shape index (κ2) is 7.94. The molecule has 0 amide bonds. The molecular weight excluding hydrogens is 248 g/mol. The zero-order valence-electron chi connectivity index (χ0n) is 12.3. The lowest BCUT2D eigenvalue weighted by Gasteiger charge is -2.23. The zero-order chi connectivity index (χ0) is 14.2. The van der Waals surface area contributed by atoms with Crippen molar-refractivity contribution >= 4 is 0 Å². The molecule has 0 aromatic heterocycles. The molecule has 1 aromatic rings. The lowest BCUT2D eigenvalue weighted by atomic mass is 10.2. The second-order valence-electron chi connectivity index (χ2n) is 5.20. The minimum Gasteiger partial charge on any atom is -0.481 e. The van der Waals surface area contributed by atoms with Crippen LogP contribution >= 0.6 is 0 Å². The van der Waals surface area contributed by atoms with Crippen molar-refractivity contribution in [2.24, 2.45) is 0 Å². The molecule has 3 nitrogen and oxygen atoms in total. The number of terminal acetylenes is 1. The van der Waals surface area contributed by atoms with Crippen molar-refractivity contribution in [3.63, 3.8) is 0 Å². The Hall–Kier alpha value is -1.50. The fourth-order valence-electron chi connectivity index (χ4n) is 2.80. The summed E-state index contributed by atoms with van der Waals surface area (Å²) >= 11 is 0. The molecule has 1 heterocycles. The summed E-state index contributed by atoms with van der Waals surface area (Å²) in [5, 5.41) is 3.55. The molecule has 1 saturated heterocycles. The van der Waals surface area contributed by atoms with E-state index in [9.17, 15) is 0 Å². The van der Waals surface area contributed by atoms with Crippen molar-refractivity contribution in [1.82, 2.24) is 10.2 Å². The topological polar surface area (TPSA) is 24.5 Å². The quantitative estimate of drug-likeness (QED) is 0.771. The molecule has 0 bridgehead atoms. The van der Waals surface area contributed by atoms with Crippen LogP contribution in [0.25, 0.3) is 0 Å². The summed E-state index contributed by atoms with van der Waals surface area (Å²) in [4.78, 5) is 2.56. The van der Waals surface area contributed by atoms with Gasteiger partial charge in [0, 0.05) is 19.1 Å². The van der Waals surface area contributed by atoms with Gasteiger partial charge in [0.15, 0.2) is 0 Å². The van der Waals surface area contributed by atoms with E-state index in [0.717, 1.165) is 25.4 Å². The fourth-order valence-corrected chi connectivity index (χ4v) is 2.80. The predicted molar refractivity (Wildman–Crippen MR) is 82.7 cm³/mol. The van der Waals surface area contributed by atoms with Crippen molar-refractivity contribution in [2.45, 2.75) is 32.4 Å². The highest BCUT2D eigenvalue weighted by Crippen LogP contribution is 2.16. The van der Waals surface area contributed by atoms with Gasteiger partial charge < -0.3 is 10.1 Å². The van der Waals surface area contributed by atoms with Gasteiger partial charge in [-0.2, -0.15) is 0 Å². The van der Waals surface area contributed by atoms with Gasteiger partial charge in [-0.1, -0.05) is 25.0 Å². The van der Waals surface area contributed by atoms with Crippen LogP contribution in [0.5, 0.6) is 5.75 Å². The van der Waals surface area contributed by atoms with Crippen molar-refractivity contribution in [2.75, 3.05) is 26.2 Å². The van der Waals surface area contributed by atoms with Crippen molar-refractivity contribution in [3.05, 3.63) is 29.8 Å². The smallest absolute Gasteiger partial charge is 0.148 e. The molecule has 0 aliphatic carbocycles. The molecule has 0 saturated carbocycles. The lowest BCUT2D eigenvalue weighted by Crippen LogP contribution is -2.37. The Bertz CT molecular complexity index is 453. The van der Waals surface area contributed by atoms with Gasteiger partial charge in [-0.05, 0) is 43.6 Å². The normalized spacial score (nSPS) is 18.9. The third-order valence-electron chi connectivity index (χ3n) is 3.83. The SMILES string of the molecule is C#CCOc1cccc(CNC[C@H]2CCCN2CC)c1. The molecule has 0 radical (unpaired) electrons. The second-order valence-corrected chi connectivity index (χ2v) is 5.20. The fraction of sp³-hybridized carbons (Fsp3) is 0.529. The van der Waals surface area contributed by atoms with Crippen LogP contribution < -0.4 is 10.1 Å². The first-order valence-electron chi connectivity index (χ1n) is 7.43. The summed E-state index contributed by atoms with van der Waals surface area (Å²) in [7, 11) is 0. The first kappa shape index (κ1) is 14.9. The van der Waals surface area contributed by atoms with E-state index in [1.165, 1.54) is 24.9 Å². The highest BCUT2D eigenvalue weighted by molar-refractivity contribution is 5.28. The molecule has 1 N–H and O–H groups in total. The Balaban J connectivity index is 1.77. The molecule has 108 valence electrons. The predicted octanol–water partition coefficient (Wildman–Crippen LogP) is 2.27. The van der Waals surface area contributed by atoms with Gasteiger partial charge in [-0.25, -0.2) is 0 Å². The van der Waals surface area contributed by atoms with Crippen LogP contribution in [0.3, 0.4) is 0 Å². The van der Waals surface area contributed by atoms with Crippen LogP contribution in [-0.4, -0.2) is 37.2 Å². The van der Waals surface area contributed by atoms with Crippen molar-refractivity contribution < 1.29 is 4.74 Å². The number of benzene rings is 1. The molecule has 1 aliphatic rings. The Morgan fingerprint density at radius 2 is 2.40 bits per heavy atom. The van der Waals surface area contributed by atoms with Gasteiger partial charge in [0.25, 0.3) is 0 Å². The van der Waals surface area contributed by atoms with E-state index in [1.54, 1.807) is 0 Å². The molecule has 0 spiro atoms. The van der Waals surface area contributed by atoms with E-state index < -0.39 is 0 Å². The summed E-state index contributed by atoms with van der Waals surface area (Å²) < 4.78 is 5.44. The Morgan fingerprint density at radius 3 is 3.20 bits per heavy atom. The van der Waals surface area contributed by atoms with Crippen LogP contribution in [0.1, 0.15) is 25.3 Å². The standard InChI is InChI=1S/C17H24N2O/c1-3-11-20-17-9-5-7-15(12-17)13-18-14-16-8-6-10-19(16)4-2/h1,5,7,9,12,16,18H,4,6,8,10-11,13-14H2,2H3/t16-/m1/s1. The molecule has 0 unspecified atom stereocenters. The van der Waals surface area contributed by atoms with Gasteiger partial charge in [0.1, 0.15) is 12.4 Å². The maximum Gasteiger partial charge on any atom is 0.148 e. The van der Waals surface area contributed by atoms with Crippen LogP contribution in [0.4, 0.5) is 0 Å². The highest BCUT2D eigenvalue weighted by Gasteiger charge is 2.21. The largest absolute Gasteiger partial charge is 0.481 e. The summed E-state index contributed by atoms with van der Waals surface area (Å²) in [5.74, 6) is 3.33. The average molecular weight is 272 g/mol. The van der Waals surface area contributed by atoms with Crippen molar-refractivity contribution in [3.8, 4) is 18.1 Å². The molecule has 3 heteroatoms. The molecule has 2 rings (SSSR count). The summed E-state index contributed by atoms with van der Waals surface area (Å²) in [6.45, 7) is 6.90. The third kappa shape index (κ3) is 4.26. The van der Waals surface area contributed by atoms with E-state index in [1.807, 2.05) is 12.1 Å². The number of ether oxygens (including phenoxy) is 1.